The van der Waals surface area contributed by atoms with E-state index in [1.807, 2.05) is 35.1 Å². The SMILES string of the molecule is CN(C(=O)N1CCc2ccccc2[C@@H]1C1=CCC(F)C=C1)[C@H]1CCCNC1. The lowest BCUT2D eigenvalue weighted by Gasteiger charge is -2.42. The Morgan fingerprint density at radius 2 is 2.19 bits per heavy atom. The molecule has 1 saturated heterocycles. The maximum absolute atomic E-state index is 13.6. The van der Waals surface area contributed by atoms with Gasteiger partial charge in [0.15, 0.2) is 0 Å². The van der Waals surface area contributed by atoms with E-state index in [4.69, 9.17) is 0 Å². The summed E-state index contributed by atoms with van der Waals surface area (Å²) in [7, 11) is 1.92. The summed E-state index contributed by atoms with van der Waals surface area (Å²) in [5, 5.41) is 3.39. The Balaban J connectivity index is 1.64. The maximum Gasteiger partial charge on any atom is 0.320 e. The molecule has 1 aromatic carbocycles. The molecule has 27 heavy (non-hydrogen) atoms. The number of hydrogen-bond donors (Lipinski definition) is 1. The molecule has 4 nitrogen and oxygen atoms in total. The van der Waals surface area contributed by atoms with Gasteiger partial charge in [-0.05, 0) is 42.5 Å². The molecule has 2 heterocycles. The summed E-state index contributed by atoms with van der Waals surface area (Å²) in [5.41, 5.74) is 3.48. The van der Waals surface area contributed by atoms with E-state index in [1.165, 1.54) is 11.1 Å². The van der Waals surface area contributed by atoms with Crippen molar-refractivity contribution < 1.29 is 9.18 Å². The van der Waals surface area contributed by atoms with Crippen molar-refractivity contribution in [3.05, 3.63) is 59.2 Å². The zero-order valence-corrected chi connectivity index (χ0v) is 15.9. The molecule has 5 heteroatoms. The number of nitrogens with one attached hydrogen (secondary N) is 1. The van der Waals surface area contributed by atoms with Crippen molar-refractivity contribution in [1.29, 1.82) is 0 Å². The van der Waals surface area contributed by atoms with E-state index in [-0.39, 0.29) is 18.1 Å². The summed E-state index contributed by atoms with van der Waals surface area (Å²) in [5.74, 6) is 0. The minimum atomic E-state index is -0.923. The first-order valence-corrected chi connectivity index (χ1v) is 9.99. The average molecular weight is 369 g/mol. The lowest BCUT2D eigenvalue weighted by atomic mass is 9.86. The first kappa shape index (κ1) is 18.2. The Morgan fingerprint density at radius 1 is 1.33 bits per heavy atom. The molecule has 1 fully saturated rings. The Kier molecular flexibility index (Phi) is 5.30. The van der Waals surface area contributed by atoms with Gasteiger partial charge < -0.3 is 15.1 Å². The van der Waals surface area contributed by atoms with E-state index >= 15 is 0 Å². The third kappa shape index (κ3) is 3.65. The van der Waals surface area contributed by atoms with Crippen LogP contribution in [-0.2, 0) is 6.42 Å². The van der Waals surface area contributed by atoms with Crippen LogP contribution in [0.1, 0.15) is 36.4 Å². The van der Waals surface area contributed by atoms with Crippen molar-refractivity contribution in [2.75, 3.05) is 26.7 Å². The third-order valence-electron chi connectivity index (χ3n) is 6.04. The number of piperidine rings is 1. The van der Waals surface area contributed by atoms with E-state index in [2.05, 4.69) is 23.5 Å². The van der Waals surface area contributed by atoms with Crippen LogP contribution >= 0.6 is 0 Å². The molecule has 2 amide bonds. The number of benzene rings is 1. The van der Waals surface area contributed by atoms with Crippen molar-refractivity contribution in [3.63, 3.8) is 0 Å². The predicted molar refractivity (Wildman–Crippen MR) is 105 cm³/mol. The molecule has 1 unspecified atom stereocenters. The summed E-state index contributed by atoms with van der Waals surface area (Å²) in [4.78, 5) is 17.3. The smallest absolute Gasteiger partial charge is 0.320 e. The molecular weight excluding hydrogens is 341 g/mol. The fourth-order valence-electron chi connectivity index (χ4n) is 4.47. The van der Waals surface area contributed by atoms with Crippen LogP contribution < -0.4 is 5.32 Å². The minimum absolute atomic E-state index is 0.0693. The second-order valence-electron chi connectivity index (χ2n) is 7.75. The lowest BCUT2D eigenvalue weighted by molar-refractivity contribution is 0.124. The van der Waals surface area contributed by atoms with Crippen LogP contribution in [-0.4, -0.2) is 54.7 Å². The van der Waals surface area contributed by atoms with Gasteiger partial charge >= 0.3 is 6.03 Å². The Labute approximate surface area is 160 Å². The fraction of sp³-hybridized carbons (Fsp3) is 0.500. The summed E-state index contributed by atoms with van der Waals surface area (Å²) in [6.07, 6.45) is 7.89. The van der Waals surface area contributed by atoms with Gasteiger partial charge in [0.05, 0.1) is 6.04 Å². The molecule has 0 radical (unpaired) electrons. The highest BCUT2D eigenvalue weighted by Gasteiger charge is 2.36. The highest BCUT2D eigenvalue weighted by molar-refractivity contribution is 5.76. The number of carbonyl (C=O) groups is 1. The number of allylic oxidation sites excluding steroid dienone is 2. The highest BCUT2D eigenvalue weighted by Crippen LogP contribution is 2.38. The second-order valence-corrected chi connectivity index (χ2v) is 7.75. The molecule has 0 spiro atoms. The topological polar surface area (TPSA) is 35.6 Å². The van der Waals surface area contributed by atoms with Crippen LogP contribution in [0.3, 0.4) is 0 Å². The van der Waals surface area contributed by atoms with Crippen molar-refractivity contribution >= 4 is 6.03 Å². The summed E-state index contributed by atoms with van der Waals surface area (Å²) in [6, 6.07) is 8.50. The third-order valence-corrected chi connectivity index (χ3v) is 6.04. The summed E-state index contributed by atoms with van der Waals surface area (Å²) >= 11 is 0. The van der Waals surface area contributed by atoms with Crippen LogP contribution in [0.2, 0.25) is 0 Å². The molecule has 3 aliphatic rings. The number of likely N-dealkylation sites (N-methyl/N-ethyl adjacent to an activating group) is 1. The van der Waals surface area contributed by atoms with Crippen molar-refractivity contribution in [3.8, 4) is 0 Å². The zero-order chi connectivity index (χ0) is 18.8. The number of halogens is 1. The number of hydrogen-bond acceptors (Lipinski definition) is 2. The second kappa shape index (κ2) is 7.85. The summed E-state index contributed by atoms with van der Waals surface area (Å²) in [6.45, 7) is 2.57. The van der Waals surface area contributed by atoms with Crippen LogP contribution in [0.25, 0.3) is 0 Å². The van der Waals surface area contributed by atoms with Crippen LogP contribution in [0.5, 0.6) is 0 Å². The van der Waals surface area contributed by atoms with Gasteiger partial charge in [-0.3, -0.25) is 0 Å². The van der Waals surface area contributed by atoms with Crippen molar-refractivity contribution in [1.82, 2.24) is 15.1 Å². The van der Waals surface area contributed by atoms with Gasteiger partial charge in [0.25, 0.3) is 0 Å². The van der Waals surface area contributed by atoms with E-state index < -0.39 is 6.17 Å². The number of carbonyl (C=O) groups excluding carboxylic acids is 1. The number of fused-ring (bicyclic) bond motifs is 1. The van der Waals surface area contributed by atoms with Gasteiger partial charge in [-0.15, -0.1) is 0 Å². The largest absolute Gasteiger partial charge is 0.323 e. The molecule has 4 rings (SSSR count). The van der Waals surface area contributed by atoms with Crippen LogP contribution in [0, 0.1) is 0 Å². The quantitative estimate of drug-likeness (QED) is 0.864. The predicted octanol–water partition coefficient (Wildman–Crippen LogP) is 3.61. The fourth-order valence-corrected chi connectivity index (χ4v) is 4.47. The number of amides is 2. The molecule has 2 aliphatic heterocycles. The molecule has 0 bridgehead atoms. The molecular formula is C22H28FN3O. The number of nitrogens with zero attached hydrogens (tertiary/aromatic N) is 2. The van der Waals surface area contributed by atoms with Crippen molar-refractivity contribution in [2.45, 2.75) is 43.9 Å². The van der Waals surface area contributed by atoms with E-state index in [0.29, 0.717) is 13.0 Å². The Morgan fingerprint density at radius 3 is 2.93 bits per heavy atom. The monoisotopic (exact) mass is 369 g/mol. The molecule has 0 aromatic heterocycles. The van der Waals surface area contributed by atoms with Crippen LogP contribution in [0.15, 0.2) is 48.1 Å². The molecule has 1 aliphatic carbocycles. The first-order valence-electron chi connectivity index (χ1n) is 9.99. The van der Waals surface area contributed by atoms with E-state index in [0.717, 1.165) is 37.9 Å². The van der Waals surface area contributed by atoms with Gasteiger partial charge in [-0.2, -0.15) is 0 Å². The molecule has 144 valence electrons. The maximum atomic E-state index is 13.6. The lowest BCUT2D eigenvalue weighted by Crippen LogP contribution is -2.53. The first-order chi connectivity index (χ1) is 13.1. The summed E-state index contributed by atoms with van der Waals surface area (Å²) < 4.78 is 13.6. The molecule has 3 atom stereocenters. The average Bonchev–Trinajstić information content (AvgIpc) is 2.73. The standard InChI is InChI=1S/C22H28FN3O/c1-25(19-6-4-13-24-15-19)22(27)26-14-12-16-5-2-3-7-20(16)21(26)17-8-10-18(23)11-9-17/h2-3,5,7-10,18-19,21,24H,4,6,11-15H2,1H3/t18?,19-,21-/m0/s1. The van der Waals surface area contributed by atoms with Gasteiger partial charge in [0.1, 0.15) is 6.17 Å². The van der Waals surface area contributed by atoms with E-state index in [1.54, 1.807) is 6.08 Å². The zero-order valence-electron chi connectivity index (χ0n) is 15.9. The van der Waals surface area contributed by atoms with Gasteiger partial charge in [0, 0.05) is 32.6 Å². The molecule has 1 N–H and O–H groups in total. The molecule has 0 saturated carbocycles. The number of urea groups is 1. The Bertz CT molecular complexity index is 754. The van der Waals surface area contributed by atoms with Crippen molar-refractivity contribution in [2.24, 2.45) is 0 Å². The molecule has 1 aromatic rings. The minimum Gasteiger partial charge on any atom is -0.323 e. The number of rotatable bonds is 2. The van der Waals surface area contributed by atoms with Gasteiger partial charge in [0.2, 0.25) is 0 Å². The Hall–Kier alpha value is -2.14. The van der Waals surface area contributed by atoms with E-state index in [9.17, 15) is 9.18 Å². The normalized spacial score (nSPS) is 27.7. The number of alkyl halides is 1. The van der Waals surface area contributed by atoms with Crippen LogP contribution in [0.4, 0.5) is 9.18 Å². The highest BCUT2D eigenvalue weighted by atomic mass is 19.1. The van der Waals surface area contributed by atoms with Gasteiger partial charge in [-0.1, -0.05) is 42.5 Å². The van der Waals surface area contributed by atoms with Gasteiger partial charge in [-0.25, -0.2) is 9.18 Å².